The van der Waals surface area contributed by atoms with E-state index in [1.165, 1.54) is 0 Å². The number of carbonyl (C=O) groups excluding carboxylic acids is 3. The zero-order chi connectivity index (χ0) is 15.0. The van der Waals surface area contributed by atoms with Gasteiger partial charge in [0.05, 0.1) is 0 Å². The third-order valence-corrected chi connectivity index (χ3v) is 1.36. The van der Waals surface area contributed by atoms with Crippen LogP contribution in [0.25, 0.3) is 0 Å². The molecule has 0 aliphatic rings. The Labute approximate surface area is 125 Å². The van der Waals surface area contributed by atoms with E-state index in [4.69, 9.17) is 0 Å². The largest absolute Gasteiger partial charge is 3.00 e. The fourth-order valence-electron chi connectivity index (χ4n) is 0.612. The van der Waals surface area contributed by atoms with Gasteiger partial charge in [-0.2, -0.15) is 0 Å². The minimum atomic E-state index is -0.961. The maximum Gasteiger partial charge on any atom is 3.00 e. The molecule has 0 amide bonds. The number of carboxylic acid groups (broad SMARTS) is 3. The predicted molar refractivity (Wildman–Crippen MR) is 59.7 cm³/mol. The number of hydrogen-bond donors (Lipinski definition) is 0. The average molecular weight is 313 g/mol. The van der Waals surface area contributed by atoms with Crippen LogP contribution in [0.4, 0.5) is 0 Å². The monoisotopic (exact) mass is 313 g/mol. The molecule has 0 saturated carbocycles. The van der Waals surface area contributed by atoms with Gasteiger partial charge in [0.2, 0.25) is 0 Å². The minimum Gasteiger partial charge on any atom is -0.550 e. The summed E-state index contributed by atoms with van der Waals surface area (Å²) in [6, 6.07) is 0. The molecule has 0 aliphatic heterocycles. The van der Waals surface area contributed by atoms with Crippen molar-refractivity contribution in [3.8, 4) is 0 Å². The molecule has 0 saturated heterocycles. The van der Waals surface area contributed by atoms with Crippen LogP contribution >= 0.6 is 0 Å². The van der Waals surface area contributed by atoms with E-state index in [0.717, 1.165) is 0 Å². The molecule has 1 radical (unpaired) electrons. The van der Waals surface area contributed by atoms with Gasteiger partial charge in [-0.1, -0.05) is 40.0 Å². The van der Waals surface area contributed by atoms with Crippen molar-refractivity contribution < 1.29 is 47.1 Å². The van der Waals surface area contributed by atoms with Crippen molar-refractivity contribution in [3.05, 3.63) is 0 Å². The second kappa shape index (κ2) is 22.2. The van der Waals surface area contributed by atoms with E-state index in [1.54, 1.807) is 20.8 Å². The molecular formula is C12H21CrO6. The molecular weight excluding hydrogens is 292 g/mol. The van der Waals surface area contributed by atoms with Crippen LogP contribution < -0.4 is 15.3 Å². The SMILES string of the molecule is CCCC(=O)[O-].CCCC(=O)[O-].CCCC(=O)[O-].[Cr+3]. The van der Waals surface area contributed by atoms with Gasteiger partial charge in [0.25, 0.3) is 0 Å². The third kappa shape index (κ3) is 60.0. The standard InChI is InChI=1S/3C4H8O2.Cr/c3*1-2-3-4(5)6;/h3*2-3H2,1H3,(H,5,6);/q;;;+3/p-3. The first-order valence-electron chi connectivity index (χ1n) is 5.91. The van der Waals surface area contributed by atoms with E-state index in [2.05, 4.69) is 0 Å². The first-order valence-corrected chi connectivity index (χ1v) is 5.91. The molecule has 6 nitrogen and oxygen atoms in total. The van der Waals surface area contributed by atoms with Crippen molar-refractivity contribution in [1.82, 2.24) is 0 Å². The van der Waals surface area contributed by atoms with Crippen LogP contribution in [0.2, 0.25) is 0 Å². The molecule has 0 heterocycles. The molecule has 7 heteroatoms. The van der Waals surface area contributed by atoms with Crippen molar-refractivity contribution in [2.45, 2.75) is 59.3 Å². The first kappa shape index (κ1) is 26.5. The van der Waals surface area contributed by atoms with Crippen LogP contribution in [0.15, 0.2) is 0 Å². The molecule has 0 aromatic rings. The van der Waals surface area contributed by atoms with Crippen LogP contribution in [-0.2, 0) is 31.7 Å². The van der Waals surface area contributed by atoms with Gasteiger partial charge in [0.15, 0.2) is 0 Å². The Kier molecular flexibility index (Phi) is 30.9. The molecule has 0 aliphatic carbocycles. The maximum absolute atomic E-state index is 9.49. The van der Waals surface area contributed by atoms with E-state index in [9.17, 15) is 29.7 Å². The quantitative estimate of drug-likeness (QED) is 0.595. The molecule has 0 aromatic carbocycles. The number of aliphatic carboxylic acids is 3. The van der Waals surface area contributed by atoms with Gasteiger partial charge in [-0.3, -0.25) is 0 Å². The normalized spacial score (nSPS) is 7.74. The Bertz CT molecular complexity index is 192. The van der Waals surface area contributed by atoms with Crippen LogP contribution in [0.1, 0.15) is 59.3 Å². The second-order valence-electron chi connectivity index (χ2n) is 3.37. The zero-order valence-electron chi connectivity index (χ0n) is 11.6. The van der Waals surface area contributed by atoms with Crippen LogP contribution in [0.5, 0.6) is 0 Å². The smallest absolute Gasteiger partial charge is 0.550 e. The van der Waals surface area contributed by atoms with Crippen molar-refractivity contribution in [3.63, 3.8) is 0 Å². The van der Waals surface area contributed by atoms with Crippen LogP contribution in [-0.4, -0.2) is 17.9 Å². The minimum absolute atomic E-state index is 0. The Morgan fingerprint density at radius 1 is 0.632 bits per heavy atom. The van der Waals surface area contributed by atoms with E-state index >= 15 is 0 Å². The number of hydrogen-bond acceptors (Lipinski definition) is 6. The number of carbonyl (C=O) groups is 3. The molecule has 0 N–H and O–H groups in total. The molecule has 0 bridgehead atoms. The summed E-state index contributed by atoms with van der Waals surface area (Å²) in [7, 11) is 0. The number of rotatable bonds is 6. The summed E-state index contributed by atoms with van der Waals surface area (Å²) in [4.78, 5) is 28.5. The summed E-state index contributed by atoms with van der Waals surface area (Å²) in [6.45, 7) is 5.40. The number of carboxylic acids is 3. The summed E-state index contributed by atoms with van der Waals surface area (Å²) in [6.07, 6.45) is 2.55. The summed E-state index contributed by atoms with van der Waals surface area (Å²) in [5.74, 6) is -2.88. The van der Waals surface area contributed by atoms with Crippen molar-refractivity contribution in [2.75, 3.05) is 0 Å². The van der Waals surface area contributed by atoms with Gasteiger partial charge in [-0.05, 0) is 19.3 Å². The van der Waals surface area contributed by atoms with E-state index in [0.29, 0.717) is 19.3 Å². The van der Waals surface area contributed by atoms with Gasteiger partial charge in [-0.15, -0.1) is 0 Å². The Morgan fingerprint density at radius 2 is 0.789 bits per heavy atom. The van der Waals surface area contributed by atoms with Gasteiger partial charge >= 0.3 is 17.4 Å². The topological polar surface area (TPSA) is 120 Å². The van der Waals surface area contributed by atoms with Gasteiger partial charge in [0.1, 0.15) is 0 Å². The molecule has 0 spiro atoms. The molecule has 0 unspecified atom stereocenters. The third-order valence-electron chi connectivity index (χ3n) is 1.36. The fraction of sp³-hybridized carbons (Fsp3) is 0.750. The summed E-state index contributed by atoms with van der Waals surface area (Å²) in [5.41, 5.74) is 0. The van der Waals surface area contributed by atoms with E-state index < -0.39 is 17.9 Å². The Morgan fingerprint density at radius 3 is 0.789 bits per heavy atom. The average Bonchev–Trinajstić information content (AvgIpc) is 2.18. The van der Waals surface area contributed by atoms with Crippen molar-refractivity contribution in [1.29, 1.82) is 0 Å². The van der Waals surface area contributed by atoms with Crippen molar-refractivity contribution >= 4 is 17.9 Å². The summed E-state index contributed by atoms with van der Waals surface area (Å²) in [5, 5.41) is 28.5. The Hall–Kier alpha value is -1.06. The fourth-order valence-corrected chi connectivity index (χ4v) is 0.612. The Balaban J connectivity index is -0.0000000865. The predicted octanol–water partition coefficient (Wildman–Crippen LogP) is -1.39. The van der Waals surface area contributed by atoms with Crippen LogP contribution in [0.3, 0.4) is 0 Å². The summed E-state index contributed by atoms with van der Waals surface area (Å²) >= 11 is 0. The second-order valence-corrected chi connectivity index (χ2v) is 3.37. The molecule has 0 atom stereocenters. The van der Waals surface area contributed by atoms with Gasteiger partial charge < -0.3 is 29.7 Å². The maximum atomic E-state index is 9.49. The first-order chi connectivity index (χ1) is 8.31. The molecule has 0 aromatic heterocycles. The van der Waals surface area contributed by atoms with E-state index in [1.807, 2.05) is 0 Å². The van der Waals surface area contributed by atoms with Crippen molar-refractivity contribution in [2.24, 2.45) is 0 Å². The zero-order valence-corrected chi connectivity index (χ0v) is 12.9. The molecule has 111 valence electrons. The molecule has 0 fully saturated rings. The van der Waals surface area contributed by atoms with E-state index in [-0.39, 0.29) is 36.6 Å². The molecule has 19 heavy (non-hydrogen) atoms. The van der Waals surface area contributed by atoms with Gasteiger partial charge in [0, 0.05) is 17.9 Å². The molecule has 0 rings (SSSR count). The van der Waals surface area contributed by atoms with Gasteiger partial charge in [-0.25, -0.2) is 0 Å². The summed E-state index contributed by atoms with van der Waals surface area (Å²) < 4.78 is 0. The van der Waals surface area contributed by atoms with Crippen LogP contribution in [0, 0.1) is 0 Å².